The molecule has 1 saturated carbocycles. The highest BCUT2D eigenvalue weighted by Gasteiger charge is 2.22. The predicted octanol–water partition coefficient (Wildman–Crippen LogP) is 4.50. The lowest BCUT2D eigenvalue weighted by atomic mass is 9.91. The zero-order chi connectivity index (χ0) is 27.6. The Balaban J connectivity index is 0.000000894. The number of likely N-dealkylation sites (N-methyl/N-ethyl adjacent to an activating group) is 1. The first-order chi connectivity index (χ1) is 18.1. The van der Waals surface area contributed by atoms with Crippen LogP contribution in [-0.2, 0) is 4.79 Å². The number of nitrogens with one attached hydrogen (secondary N) is 2. The van der Waals surface area contributed by atoms with E-state index in [2.05, 4.69) is 75.1 Å². The fraction of sp³-hybridized carbons (Fsp3) is 0.536. The van der Waals surface area contributed by atoms with Gasteiger partial charge in [-0.25, -0.2) is 9.97 Å². The van der Waals surface area contributed by atoms with Crippen LogP contribution in [0.3, 0.4) is 0 Å². The molecule has 1 aliphatic carbocycles. The molecule has 1 saturated heterocycles. The lowest BCUT2D eigenvalue weighted by Crippen LogP contribution is -2.46. The number of rotatable bonds is 6. The molecule has 206 valence electrons. The second-order valence-corrected chi connectivity index (χ2v) is 9.24. The number of nitrogens with zero attached hydrogens (tertiary/aromatic N) is 4. The molecule has 2 aliphatic rings. The Labute approximate surface area is 229 Å². The van der Waals surface area contributed by atoms with Crippen LogP contribution >= 0.6 is 12.6 Å². The normalized spacial score (nSPS) is 16.0. The van der Waals surface area contributed by atoms with Crippen molar-refractivity contribution in [1.82, 2.24) is 20.2 Å². The molecule has 8 nitrogen and oxygen atoms in total. The molecule has 2 aromatic heterocycles. The number of thiol groups is 1. The molecule has 2 fully saturated rings. The van der Waals surface area contributed by atoms with Crippen molar-refractivity contribution >= 4 is 42.3 Å². The van der Waals surface area contributed by atoms with E-state index in [0.29, 0.717) is 5.92 Å². The van der Waals surface area contributed by atoms with Crippen molar-refractivity contribution in [2.75, 3.05) is 64.1 Å². The summed E-state index contributed by atoms with van der Waals surface area (Å²) in [7, 11) is 4.75. The first-order valence-corrected chi connectivity index (χ1v) is 13.4. The molecule has 0 unspecified atom stereocenters. The average Bonchev–Trinajstić information content (AvgIpc) is 3.49. The van der Waals surface area contributed by atoms with E-state index < -0.39 is 0 Å². The van der Waals surface area contributed by atoms with Gasteiger partial charge in [0.15, 0.2) is 0 Å². The summed E-state index contributed by atoms with van der Waals surface area (Å²) in [5.41, 5.74) is 3.78. The number of allylic oxidation sites excluding steroid dienone is 2. The smallest absolute Gasteiger partial charge is 0.132 e. The molecule has 0 bridgehead atoms. The molecule has 2 aromatic rings. The molecule has 4 rings (SSSR count). The number of aliphatic hydroxyl groups excluding tert-OH is 1. The van der Waals surface area contributed by atoms with Crippen LogP contribution in [0.1, 0.15) is 45.1 Å². The van der Waals surface area contributed by atoms with Gasteiger partial charge in [0.1, 0.15) is 18.4 Å². The van der Waals surface area contributed by atoms with Crippen molar-refractivity contribution in [3.63, 3.8) is 0 Å². The Kier molecular flexibility index (Phi) is 16.5. The molecule has 0 radical (unpaired) electrons. The van der Waals surface area contributed by atoms with Gasteiger partial charge >= 0.3 is 0 Å². The van der Waals surface area contributed by atoms with E-state index >= 15 is 0 Å². The third kappa shape index (κ3) is 10.1. The van der Waals surface area contributed by atoms with Gasteiger partial charge in [-0.2, -0.15) is 0 Å². The number of aromatic nitrogens is 2. The van der Waals surface area contributed by atoms with Crippen molar-refractivity contribution < 1.29 is 9.90 Å². The van der Waals surface area contributed by atoms with Crippen LogP contribution in [0.15, 0.2) is 41.6 Å². The standard InChI is InChI=1S/C24H33N5S.C2H7N.CH4O.CH2O/c1-3-20(18-7-5-6-8-18)21-15-24(26-17-22(21)30)27-23-10-9-19(16-25-23)29-13-11-28(4-2)12-14-29;1-3-2;2*1-2/h3,9-10,15-18,30H,4-8,11-14H2,1-2H3,(H,25,26,27);3H,1-2H3;2H,1H3;1H2/b20-3+;;;. The Morgan fingerprint density at radius 1 is 1.08 bits per heavy atom. The predicted molar refractivity (Wildman–Crippen MR) is 159 cm³/mol. The van der Waals surface area contributed by atoms with Crippen molar-refractivity contribution in [3.8, 4) is 0 Å². The molecule has 9 heteroatoms. The van der Waals surface area contributed by atoms with E-state index in [1.807, 2.05) is 39.3 Å². The largest absolute Gasteiger partial charge is 0.400 e. The van der Waals surface area contributed by atoms with E-state index in [1.54, 1.807) is 0 Å². The summed E-state index contributed by atoms with van der Waals surface area (Å²) >= 11 is 4.69. The highest BCUT2D eigenvalue weighted by Crippen LogP contribution is 2.39. The zero-order valence-electron chi connectivity index (χ0n) is 23.2. The summed E-state index contributed by atoms with van der Waals surface area (Å²) < 4.78 is 0. The molecule has 0 aromatic carbocycles. The maximum atomic E-state index is 8.00. The van der Waals surface area contributed by atoms with Gasteiger partial charge in [-0.15, -0.1) is 12.6 Å². The molecule has 37 heavy (non-hydrogen) atoms. The van der Waals surface area contributed by atoms with Crippen LogP contribution in [0, 0.1) is 5.92 Å². The van der Waals surface area contributed by atoms with E-state index in [9.17, 15) is 0 Å². The third-order valence-electron chi connectivity index (χ3n) is 6.49. The first-order valence-electron chi connectivity index (χ1n) is 13.0. The summed E-state index contributed by atoms with van der Waals surface area (Å²) in [6.07, 6.45) is 11.3. The number of hydrogen-bond donors (Lipinski definition) is 4. The van der Waals surface area contributed by atoms with Gasteiger partial charge < -0.3 is 30.3 Å². The highest BCUT2D eigenvalue weighted by molar-refractivity contribution is 7.80. The van der Waals surface area contributed by atoms with Crippen LogP contribution < -0.4 is 15.5 Å². The maximum absolute atomic E-state index is 8.00. The molecular formula is C28H46N6O2S. The topological polar surface area (TPSA) is 93.6 Å². The number of piperazine rings is 1. The van der Waals surface area contributed by atoms with E-state index in [4.69, 9.17) is 9.90 Å². The summed E-state index contributed by atoms with van der Waals surface area (Å²) in [6.45, 7) is 11.8. The number of aliphatic hydroxyl groups is 1. The van der Waals surface area contributed by atoms with Gasteiger partial charge in [-0.1, -0.05) is 25.8 Å². The minimum Gasteiger partial charge on any atom is -0.400 e. The Morgan fingerprint density at radius 2 is 1.68 bits per heavy atom. The third-order valence-corrected chi connectivity index (χ3v) is 6.84. The zero-order valence-corrected chi connectivity index (χ0v) is 24.1. The first kappa shape index (κ1) is 32.6. The molecule has 0 spiro atoms. The molecule has 0 atom stereocenters. The Hall–Kier alpha value is -2.46. The maximum Gasteiger partial charge on any atom is 0.132 e. The summed E-state index contributed by atoms with van der Waals surface area (Å²) in [5, 5.41) is 13.1. The molecule has 3 heterocycles. The van der Waals surface area contributed by atoms with Gasteiger partial charge in [0, 0.05) is 44.4 Å². The average molecular weight is 531 g/mol. The van der Waals surface area contributed by atoms with Crippen LogP contribution in [0.2, 0.25) is 0 Å². The quantitative estimate of drug-likeness (QED) is 0.406. The fourth-order valence-electron chi connectivity index (χ4n) is 4.70. The number of carbonyl (C=O) groups is 1. The number of carbonyl (C=O) groups excluding carboxylic acids is 1. The molecule has 0 amide bonds. The van der Waals surface area contributed by atoms with Crippen LogP contribution in [-0.4, -0.2) is 80.7 Å². The summed E-state index contributed by atoms with van der Waals surface area (Å²) in [6, 6.07) is 6.32. The van der Waals surface area contributed by atoms with E-state index in [1.165, 1.54) is 42.5 Å². The van der Waals surface area contributed by atoms with Crippen LogP contribution in [0.4, 0.5) is 17.3 Å². The summed E-state index contributed by atoms with van der Waals surface area (Å²) in [4.78, 5) is 23.0. The van der Waals surface area contributed by atoms with Gasteiger partial charge in [-0.3, -0.25) is 0 Å². The minimum atomic E-state index is 0.640. The molecule has 3 N–H and O–H groups in total. The lowest BCUT2D eigenvalue weighted by molar-refractivity contribution is -0.0980. The monoisotopic (exact) mass is 530 g/mol. The van der Waals surface area contributed by atoms with Crippen LogP contribution in [0.25, 0.3) is 5.57 Å². The number of anilines is 3. The molecular weight excluding hydrogens is 484 g/mol. The fourth-order valence-corrected chi connectivity index (χ4v) is 4.95. The SMILES string of the molecule is C/C=C(/c1cc(Nc2ccc(N3CCN(CC)CC3)cn2)ncc1S)C1CCCC1.C=O.CNC.CO. The Bertz CT molecular complexity index is 911. The number of hydrogen-bond acceptors (Lipinski definition) is 9. The minimum absolute atomic E-state index is 0.640. The molecule has 1 aliphatic heterocycles. The Morgan fingerprint density at radius 3 is 2.19 bits per heavy atom. The second-order valence-electron chi connectivity index (χ2n) is 8.76. The number of pyridine rings is 2. The van der Waals surface area contributed by atoms with E-state index in [0.717, 1.165) is 56.4 Å². The van der Waals surface area contributed by atoms with Gasteiger partial charge in [0.25, 0.3) is 0 Å². The van der Waals surface area contributed by atoms with E-state index in [-0.39, 0.29) is 0 Å². The highest BCUT2D eigenvalue weighted by atomic mass is 32.1. The lowest BCUT2D eigenvalue weighted by Gasteiger charge is -2.35. The van der Waals surface area contributed by atoms with Crippen molar-refractivity contribution in [1.29, 1.82) is 0 Å². The van der Waals surface area contributed by atoms with Crippen LogP contribution in [0.5, 0.6) is 0 Å². The van der Waals surface area contributed by atoms with Crippen molar-refractivity contribution in [3.05, 3.63) is 42.2 Å². The van der Waals surface area contributed by atoms with Crippen molar-refractivity contribution in [2.24, 2.45) is 5.92 Å². The second kappa shape index (κ2) is 18.7. The van der Waals surface area contributed by atoms with Gasteiger partial charge in [0.2, 0.25) is 0 Å². The summed E-state index contributed by atoms with van der Waals surface area (Å²) in [5.74, 6) is 2.28. The van der Waals surface area contributed by atoms with Crippen molar-refractivity contribution in [2.45, 2.75) is 44.4 Å². The van der Waals surface area contributed by atoms with Gasteiger partial charge in [-0.05, 0) is 75.7 Å². The van der Waals surface area contributed by atoms with Gasteiger partial charge in [0.05, 0.1) is 11.9 Å².